The van der Waals surface area contributed by atoms with Crippen molar-refractivity contribution in [3.05, 3.63) is 69.8 Å². The Balaban J connectivity index is 1.51. The molecular weight excluding hydrogens is 300 g/mol. The van der Waals surface area contributed by atoms with E-state index in [1.165, 1.54) is 91.2 Å². The summed E-state index contributed by atoms with van der Waals surface area (Å²) in [6, 6.07) is 13.9. The molecule has 0 spiro atoms. The van der Waals surface area contributed by atoms with Gasteiger partial charge >= 0.3 is 0 Å². The van der Waals surface area contributed by atoms with Crippen molar-refractivity contribution in [3.63, 3.8) is 0 Å². The van der Waals surface area contributed by atoms with Crippen LogP contribution in [-0.2, 0) is 12.8 Å². The van der Waals surface area contributed by atoms with E-state index in [9.17, 15) is 0 Å². The molecule has 0 amide bonds. The summed E-state index contributed by atoms with van der Waals surface area (Å²) in [6.07, 6.45) is 12.1. The van der Waals surface area contributed by atoms with E-state index >= 15 is 0 Å². The number of aryl methyl sites for hydroxylation is 6. The topological polar surface area (TPSA) is 0 Å². The summed E-state index contributed by atoms with van der Waals surface area (Å²) in [6.45, 7) is 8.81. The van der Waals surface area contributed by atoms with Crippen molar-refractivity contribution in [1.82, 2.24) is 0 Å². The maximum atomic E-state index is 2.35. The summed E-state index contributed by atoms with van der Waals surface area (Å²) in [5.74, 6) is 0. The van der Waals surface area contributed by atoms with E-state index in [0.717, 1.165) is 0 Å². The molecule has 0 bridgehead atoms. The Bertz CT molecular complexity index is 553. The first-order valence-corrected chi connectivity index (χ1v) is 10.2. The highest BCUT2D eigenvalue weighted by Crippen LogP contribution is 2.15. The second kappa shape index (κ2) is 10.4. The Morgan fingerprint density at radius 2 is 0.680 bits per heavy atom. The Kier molecular flexibility index (Phi) is 8.25. The maximum Gasteiger partial charge on any atom is -0.0279 e. The number of rotatable bonds is 10. The highest BCUT2D eigenvalue weighted by Gasteiger charge is 1.99. The van der Waals surface area contributed by atoms with Crippen molar-refractivity contribution in [2.24, 2.45) is 0 Å². The molecule has 0 saturated carbocycles. The number of unbranched alkanes of at least 4 members (excludes halogenated alkanes) is 6. The molecule has 0 aliphatic rings. The highest BCUT2D eigenvalue weighted by molar-refractivity contribution is 5.29. The van der Waals surface area contributed by atoms with Crippen LogP contribution in [0.5, 0.6) is 0 Å². The van der Waals surface area contributed by atoms with Crippen LogP contribution >= 0.6 is 0 Å². The zero-order valence-electron chi connectivity index (χ0n) is 16.8. The number of hydrogen-bond donors (Lipinski definition) is 0. The Hall–Kier alpha value is -1.56. The molecular formula is C25H36. The van der Waals surface area contributed by atoms with Crippen molar-refractivity contribution in [1.29, 1.82) is 0 Å². The zero-order valence-corrected chi connectivity index (χ0v) is 16.8. The molecule has 0 fully saturated rings. The first-order valence-electron chi connectivity index (χ1n) is 10.2. The standard InChI is InChI=1S/C25H36/c1-20-14-21(2)17-24(16-20)12-10-8-6-5-7-9-11-13-25-18-22(3)15-23(4)19-25/h14-19H,5-13H2,1-4H3. The molecule has 0 saturated heterocycles. The summed E-state index contributed by atoms with van der Waals surface area (Å²) in [7, 11) is 0. The van der Waals surface area contributed by atoms with Gasteiger partial charge in [-0.15, -0.1) is 0 Å². The van der Waals surface area contributed by atoms with E-state index < -0.39 is 0 Å². The molecule has 0 atom stereocenters. The highest BCUT2D eigenvalue weighted by atomic mass is 14.0. The largest absolute Gasteiger partial charge is 0.0564 e. The fourth-order valence-corrected chi connectivity index (χ4v) is 3.97. The van der Waals surface area contributed by atoms with E-state index in [2.05, 4.69) is 64.1 Å². The van der Waals surface area contributed by atoms with Crippen LogP contribution in [0.2, 0.25) is 0 Å². The van der Waals surface area contributed by atoms with Gasteiger partial charge < -0.3 is 0 Å². The van der Waals surface area contributed by atoms with Crippen molar-refractivity contribution in [2.75, 3.05) is 0 Å². The lowest BCUT2D eigenvalue weighted by Crippen LogP contribution is -1.90. The van der Waals surface area contributed by atoms with Gasteiger partial charge in [-0.1, -0.05) is 90.8 Å². The third kappa shape index (κ3) is 7.90. The molecule has 0 aliphatic carbocycles. The molecule has 0 N–H and O–H groups in total. The van der Waals surface area contributed by atoms with E-state index in [-0.39, 0.29) is 0 Å². The number of hydrogen-bond acceptors (Lipinski definition) is 0. The van der Waals surface area contributed by atoms with Gasteiger partial charge in [-0.05, 0) is 64.5 Å². The van der Waals surface area contributed by atoms with Crippen LogP contribution in [0.1, 0.15) is 78.3 Å². The first-order chi connectivity index (χ1) is 12.0. The van der Waals surface area contributed by atoms with E-state index in [1.807, 2.05) is 0 Å². The Morgan fingerprint density at radius 3 is 1.00 bits per heavy atom. The quantitative estimate of drug-likeness (QED) is 0.395. The molecule has 0 heteroatoms. The summed E-state index contributed by atoms with van der Waals surface area (Å²) < 4.78 is 0. The van der Waals surface area contributed by atoms with Crippen molar-refractivity contribution in [2.45, 2.75) is 85.5 Å². The van der Waals surface area contributed by atoms with E-state index in [0.29, 0.717) is 0 Å². The second-order valence-electron chi connectivity index (χ2n) is 7.97. The lowest BCUT2D eigenvalue weighted by Gasteiger charge is -2.06. The lowest BCUT2D eigenvalue weighted by molar-refractivity contribution is 0.579. The Morgan fingerprint density at radius 1 is 0.400 bits per heavy atom. The zero-order chi connectivity index (χ0) is 18.1. The van der Waals surface area contributed by atoms with Gasteiger partial charge in [0.1, 0.15) is 0 Å². The fraction of sp³-hybridized carbons (Fsp3) is 0.520. The van der Waals surface area contributed by atoms with Gasteiger partial charge in [0, 0.05) is 0 Å². The summed E-state index contributed by atoms with van der Waals surface area (Å²) in [4.78, 5) is 0. The normalized spacial score (nSPS) is 11.0. The van der Waals surface area contributed by atoms with Gasteiger partial charge in [-0.3, -0.25) is 0 Å². The summed E-state index contributed by atoms with van der Waals surface area (Å²) >= 11 is 0. The summed E-state index contributed by atoms with van der Waals surface area (Å²) in [5.41, 5.74) is 8.65. The van der Waals surface area contributed by atoms with Crippen LogP contribution in [0.25, 0.3) is 0 Å². The third-order valence-electron chi connectivity index (χ3n) is 4.99. The van der Waals surface area contributed by atoms with Crippen LogP contribution < -0.4 is 0 Å². The monoisotopic (exact) mass is 336 g/mol. The minimum atomic E-state index is 1.25. The maximum absolute atomic E-state index is 2.35. The molecule has 25 heavy (non-hydrogen) atoms. The van der Waals surface area contributed by atoms with E-state index in [4.69, 9.17) is 0 Å². The molecule has 0 unspecified atom stereocenters. The smallest absolute Gasteiger partial charge is 0.0279 e. The van der Waals surface area contributed by atoms with Gasteiger partial charge in [0.05, 0.1) is 0 Å². The van der Waals surface area contributed by atoms with Crippen LogP contribution in [0.4, 0.5) is 0 Å². The predicted molar refractivity (Wildman–Crippen MR) is 112 cm³/mol. The third-order valence-corrected chi connectivity index (χ3v) is 4.99. The minimum Gasteiger partial charge on any atom is -0.0564 e. The molecule has 0 heterocycles. The van der Waals surface area contributed by atoms with Gasteiger partial charge in [0.2, 0.25) is 0 Å². The average molecular weight is 337 g/mol. The summed E-state index contributed by atoms with van der Waals surface area (Å²) in [5, 5.41) is 0. The fourth-order valence-electron chi connectivity index (χ4n) is 3.97. The van der Waals surface area contributed by atoms with Crippen molar-refractivity contribution >= 4 is 0 Å². The van der Waals surface area contributed by atoms with Crippen LogP contribution in [0.3, 0.4) is 0 Å². The van der Waals surface area contributed by atoms with Crippen molar-refractivity contribution < 1.29 is 0 Å². The van der Waals surface area contributed by atoms with Crippen molar-refractivity contribution in [3.8, 4) is 0 Å². The molecule has 0 aromatic heterocycles. The molecule has 2 aromatic carbocycles. The molecule has 0 nitrogen and oxygen atoms in total. The molecule has 2 aromatic rings. The van der Waals surface area contributed by atoms with Crippen LogP contribution in [-0.4, -0.2) is 0 Å². The molecule has 2 rings (SSSR count). The van der Waals surface area contributed by atoms with E-state index in [1.54, 1.807) is 0 Å². The van der Waals surface area contributed by atoms with Gasteiger partial charge in [0.25, 0.3) is 0 Å². The van der Waals surface area contributed by atoms with Gasteiger partial charge in [0.15, 0.2) is 0 Å². The van der Waals surface area contributed by atoms with Gasteiger partial charge in [-0.2, -0.15) is 0 Å². The SMILES string of the molecule is Cc1cc(C)cc(CCCCCCCCCc2cc(C)cc(C)c2)c1. The lowest BCUT2D eigenvalue weighted by atomic mass is 10.00. The first kappa shape index (κ1) is 19.8. The minimum absolute atomic E-state index is 1.25. The molecule has 136 valence electrons. The average Bonchev–Trinajstić information content (AvgIpc) is 2.51. The second-order valence-corrected chi connectivity index (χ2v) is 7.97. The van der Waals surface area contributed by atoms with Gasteiger partial charge in [-0.25, -0.2) is 0 Å². The number of benzene rings is 2. The van der Waals surface area contributed by atoms with Crippen LogP contribution in [0, 0.1) is 27.7 Å². The van der Waals surface area contributed by atoms with Crippen LogP contribution in [0.15, 0.2) is 36.4 Å². The predicted octanol–water partition coefficient (Wildman–Crippen LogP) is 7.44. The molecule has 0 aliphatic heterocycles. The Labute approximate surface area is 155 Å². The molecule has 0 radical (unpaired) electrons.